The number of aliphatic imine (C=N–C) groups is 1. The van der Waals surface area contributed by atoms with Crippen LogP contribution in [-0.4, -0.2) is 49.6 Å². The molecule has 2 amide bonds. The highest BCUT2D eigenvalue weighted by Crippen LogP contribution is 2.30. The lowest BCUT2D eigenvalue weighted by molar-refractivity contribution is -0.135. The van der Waals surface area contributed by atoms with Gasteiger partial charge in [0.25, 0.3) is 11.8 Å². The van der Waals surface area contributed by atoms with Crippen LogP contribution in [-0.2, 0) is 9.59 Å². The summed E-state index contributed by atoms with van der Waals surface area (Å²) in [6.45, 7) is 0. The van der Waals surface area contributed by atoms with Gasteiger partial charge in [0.15, 0.2) is 0 Å². The maximum absolute atomic E-state index is 12.9. The standard InChI is InChI=1S/C19H18ClN3O2/c1-22(2)18(24)17-19(25)23(3)15-10-9-13(20)11-14(15)16(21-17)12-7-5-4-6-8-12/h4-11,17H,1-3H3. The Balaban J connectivity index is 2.27. The average Bonchev–Trinajstić information content (AvgIpc) is 2.71. The van der Waals surface area contributed by atoms with Crippen LogP contribution >= 0.6 is 11.6 Å². The number of fused-ring (bicyclic) bond motifs is 1. The maximum Gasteiger partial charge on any atom is 0.261 e. The second kappa shape index (κ2) is 6.69. The first-order valence-corrected chi connectivity index (χ1v) is 8.20. The zero-order chi connectivity index (χ0) is 18.1. The van der Waals surface area contributed by atoms with Crippen molar-refractivity contribution < 1.29 is 9.59 Å². The molecule has 0 aliphatic carbocycles. The topological polar surface area (TPSA) is 53.0 Å². The van der Waals surface area contributed by atoms with Crippen molar-refractivity contribution in [3.63, 3.8) is 0 Å². The highest BCUT2D eigenvalue weighted by atomic mass is 35.5. The first-order valence-electron chi connectivity index (χ1n) is 7.82. The smallest absolute Gasteiger partial charge is 0.261 e. The summed E-state index contributed by atoms with van der Waals surface area (Å²) in [5.41, 5.74) is 2.80. The summed E-state index contributed by atoms with van der Waals surface area (Å²) in [6, 6.07) is 13.6. The van der Waals surface area contributed by atoms with Crippen LogP contribution < -0.4 is 4.90 Å². The van der Waals surface area contributed by atoms with Gasteiger partial charge in [-0.15, -0.1) is 0 Å². The molecule has 0 saturated carbocycles. The molecule has 3 rings (SSSR count). The third-order valence-corrected chi connectivity index (χ3v) is 4.35. The molecule has 1 aliphatic heterocycles. The van der Waals surface area contributed by atoms with Crippen LogP contribution in [0.2, 0.25) is 5.02 Å². The maximum atomic E-state index is 12.9. The Labute approximate surface area is 151 Å². The Bertz CT molecular complexity index is 862. The van der Waals surface area contributed by atoms with E-state index in [4.69, 9.17) is 11.6 Å². The molecule has 0 radical (unpaired) electrons. The number of carbonyl (C=O) groups excluding carboxylic acids is 2. The lowest BCUT2D eigenvalue weighted by Crippen LogP contribution is -2.44. The number of benzodiazepines with no additional fused rings is 1. The number of benzene rings is 2. The molecule has 0 bridgehead atoms. The number of rotatable bonds is 2. The zero-order valence-corrected chi connectivity index (χ0v) is 15.0. The number of carbonyl (C=O) groups is 2. The summed E-state index contributed by atoms with van der Waals surface area (Å²) in [5.74, 6) is -0.725. The second-order valence-corrected chi connectivity index (χ2v) is 6.47. The highest BCUT2D eigenvalue weighted by molar-refractivity contribution is 6.32. The number of amides is 2. The van der Waals surface area contributed by atoms with E-state index in [1.165, 1.54) is 9.80 Å². The van der Waals surface area contributed by atoms with Gasteiger partial charge in [-0.25, -0.2) is 0 Å². The average molecular weight is 356 g/mol. The van der Waals surface area contributed by atoms with E-state index in [2.05, 4.69) is 4.99 Å². The van der Waals surface area contributed by atoms with Gasteiger partial charge in [0.05, 0.1) is 11.4 Å². The minimum absolute atomic E-state index is 0.357. The minimum atomic E-state index is -1.12. The van der Waals surface area contributed by atoms with Crippen molar-refractivity contribution in [2.24, 2.45) is 4.99 Å². The van der Waals surface area contributed by atoms with Crippen LogP contribution in [0.5, 0.6) is 0 Å². The summed E-state index contributed by atoms with van der Waals surface area (Å²) in [7, 11) is 4.87. The highest BCUT2D eigenvalue weighted by Gasteiger charge is 2.35. The van der Waals surface area contributed by atoms with Crippen molar-refractivity contribution in [3.05, 3.63) is 64.7 Å². The molecule has 1 unspecified atom stereocenters. The summed E-state index contributed by atoms with van der Waals surface area (Å²) >= 11 is 6.18. The minimum Gasteiger partial charge on any atom is -0.346 e. The van der Waals surface area contributed by atoms with Crippen LogP contribution in [0.3, 0.4) is 0 Å². The van der Waals surface area contributed by atoms with Crippen LogP contribution in [0.1, 0.15) is 11.1 Å². The van der Waals surface area contributed by atoms with E-state index < -0.39 is 6.04 Å². The van der Waals surface area contributed by atoms with Gasteiger partial charge in [0, 0.05) is 37.3 Å². The largest absolute Gasteiger partial charge is 0.346 e. The first kappa shape index (κ1) is 17.2. The van der Waals surface area contributed by atoms with E-state index in [1.807, 2.05) is 30.3 Å². The van der Waals surface area contributed by atoms with Gasteiger partial charge in [-0.1, -0.05) is 41.9 Å². The van der Waals surface area contributed by atoms with Gasteiger partial charge in [-0.2, -0.15) is 0 Å². The van der Waals surface area contributed by atoms with Crippen LogP contribution in [0.25, 0.3) is 0 Å². The molecule has 2 aromatic carbocycles. The van der Waals surface area contributed by atoms with Crippen molar-refractivity contribution in [2.45, 2.75) is 6.04 Å². The normalized spacial score (nSPS) is 16.8. The Morgan fingerprint density at radius 2 is 1.84 bits per heavy atom. The number of hydrogen-bond donors (Lipinski definition) is 0. The molecule has 6 heteroatoms. The summed E-state index contributed by atoms with van der Waals surface area (Å²) in [4.78, 5) is 32.8. The fraction of sp³-hybridized carbons (Fsp3) is 0.211. The van der Waals surface area contributed by atoms with E-state index in [1.54, 1.807) is 39.3 Å². The quantitative estimate of drug-likeness (QED) is 0.777. The fourth-order valence-electron chi connectivity index (χ4n) is 2.78. The molecule has 25 heavy (non-hydrogen) atoms. The number of halogens is 1. The Morgan fingerprint density at radius 3 is 2.48 bits per heavy atom. The number of nitrogens with zero attached hydrogens (tertiary/aromatic N) is 3. The SMILES string of the molecule is CN(C)C(=O)C1N=C(c2ccccc2)c2cc(Cl)ccc2N(C)C1=O. The van der Waals surface area contributed by atoms with E-state index in [0.717, 1.165) is 11.1 Å². The van der Waals surface area contributed by atoms with Crippen LogP contribution in [0.15, 0.2) is 53.5 Å². The van der Waals surface area contributed by atoms with E-state index >= 15 is 0 Å². The van der Waals surface area contributed by atoms with Crippen molar-refractivity contribution >= 4 is 34.8 Å². The van der Waals surface area contributed by atoms with E-state index in [9.17, 15) is 9.59 Å². The third kappa shape index (κ3) is 3.15. The molecule has 2 aromatic rings. The van der Waals surface area contributed by atoms with E-state index in [0.29, 0.717) is 16.4 Å². The van der Waals surface area contributed by atoms with Crippen LogP contribution in [0, 0.1) is 0 Å². The lowest BCUT2D eigenvalue weighted by atomic mass is 10.0. The van der Waals surface area contributed by atoms with Gasteiger partial charge < -0.3 is 9.80 Å². The van der Waals surface area contributed by atoms with Gasteiger partial charge in [0.1, 0.15) is 0 Å². The second-order valence-electron chi connectivity index (χ2n) is 6.04. The molecule has 1 aliphatic rings. The number of likely N-dealkylation sites (N-methyl/N-ethyl adjacent to an activating group) is 2. The summed E-state index contributed by atoms with van der Waals surface area (Å²) in [5, 5.41) is 0.542. The molecule has 0 aromatic heterocycles. The zero-order valence-electron chi connectivity index (χ0n) is 14.2. The molecule has 0 fully saturated rings. The Kier molecular flexibility index (Phi) is 4.59. The van der Waals surface area contributed by atoms with Gasteiger partial charge >= 0.3 is 0 Å². The molecule has 0 spiro atoms. The lowest BCUT2D eigenvalue weighted by Gasteiger charge is -2.21. The van der Waals surface area contributed by atoms with Crippen molar-refractivity contribution in [3.8, 4) is 0 Å². The fourth-order valence-corrected chi connectivity index (χ4v) is 2.95. The number of hydrogen-bond acceptors (Lipinski definition) is 3. The van der Waals surface area contributed by atoms with Gasteiger partial charge in [0.2, 0.25) is 6.04 Å². The van der Waals surface area contributed by atoms with Crippen LogP contribution in [0.4, 0.5) is 5.69 Å². The third-order valence-electron chi connectivity index (χ3n) is 4.12. The predicted molar refractivity (Wildman–Crippen MR) is 99.4 cm³/mol. The molecule has 128 valence electrons. The predicted octanol–water partition coefficient (Wildman–Crippen LogP) is 2.61. The van der Waals surface area contributed by atoms with E-state index in [-0.39, 0.29) is 11.8 Å². The van der Waals surface area contributed by atoms with Gasteiger partial charge in [-0.3, -0.25) is 14.6 Å². The molecule has 5 nitrogen and oxygen atoms in total. The Hall–Kier alpha value is -2.66. The van der Waals surface area contributed by atoms with Gasteiger partial charge in [-0.05, 0) is 18.2 Å². The summed E-state index contributed by atoms with van der Waals surface area (Å²) in [6.07, 6.45) is 0. The monoisotopic (exact) mass is 355 g/mol. The van der Waals surface area contributed by atoms with Crippen molar-refractivity contribution in [1.29, 1.82) is 0 Å². The van der Waals surface area contributed by atoms with Crippen molar-refractivity contribution in [2.75, 3.05) is 26.0 Å². The number of anilines is 1. The summed E-state index contributed by atoms with van der Waals surface area (Å²) < 4.78 is 0. The molecular weight excluding hydrogens is 338 g/mol. The first-order chi connectivity index (χ1) is 11.9. The molecule has 0 N–H and O–H groups in total. The molecule has 0 saturated heterocycles. The molecule has 1 atom stereocenters. The Morgan fingerprint density at radius 1 is 1.16 bits per heavy atom. The molecular formula is C19H18ClN3O2. The van der Waals surface area contributed by atoms with Crippen molar-refractivity contribution in [1.82, 2.24) is 4.90 Å². The molecule has 1 heterocycles.